The molecule has 0 saturated carbocycles. The molecule has 1 saturated heterocycles. The number of rotatable bonds is 4. The predicted molar refractivity (Wildman–Crippen MR) is 72.4 cm³/mol. The van der Waals surface area contributed by atoms with Crippen molar-refractivity contribution in [3.63, 3.8) is 0 Å². The number of nitro benzene ring substituents is 1. The summed E-state index contributed by atoms with van der Waals surface area (Å²) in [5.41, 5.74) is -1.24. The summed E-state index contributed by atoms with van der Waals surface area (Å²) in [5.74, 6) is 0. The van der Waals surface area contributed by atoms with E-state index >= 15 is 0 Å². The van der Waals surface area contributed by atoms with Crippen molar-refractivity contribution in [2.75, 3.05) is 25.0 Å². The van der Waals surface area contributed by atoms with Crippen LogP contribution in [0.2, 0.25) is 0 Å². The zero-order valence-electron chi connectivity index (χ0n) is 11.5. The van der Waals surface area contributed by atoms with Crippen molar-refractivity contribution in [2.24, 2.45) is 0 Å². The molecule has 1 aliphatic rings. The summed E-state index contributed by atoms with van der Waals surface area (Å²) < 4.78 is 38.1. The van der Waals surface area contributed by atoms with Crippen molar-refractivity contribution in [1.29, 1.82) is 0 Å². The van der Waals surface area contributed by atoms with E-state index in [0.29, 0.717) is 19.2 Å². The summed E-state index contributed by atoms with van der Waals surface area (Å²) in [7, 11) is 1.78. The molecule has 0 spiro atoms. The second kappa shape index (κ2) is 5.88. The van der Waals surface area contributed by atoms with Gasteiger partial charge in [-0.2, -0.15) is 13.2 Å². The van der Waals surface area contributed by atoms with Crippen LogP contribution in [0.1, 0.15) is 18.4 Å². The molecule has 0 amide bonds. The molecule has 0 aliphatic carbocycles. The summed E-state index contributed by atoms with van der Waals surface area (Å²) in [6.07, 6.45) is -2.86. The third kappa shape index (κ3) is 3.26. The molecule has 116 valence electrons. The first-order valence-corrected chi connectivity index (χ1v) is 6.61. The molecule has 0 bridgehead atoms. The van der Waals surface area contributed by atoms with E-state index in [0.717, 1.165) is 18.9 Å². The van der Waals surface area contributed by atoms with Crippen LogP contribution in [-0.4, -0.2) is 31.1 Å². The van der Waals surface area contributed by atoms with Gasteiger partial charge in [-0.1, -0.05) is 0 Å². The van der Waals surface area contributed by atoms with Crippen LogP contribution in [0, 0.1) is 10.1 Å². The van der Waals surface area contributed by atoms with Gasteiger partial charge in [-0.15, -0.1) is 0 Å². The van der Waals surface area contributed by atoms with Gasteiger partial charge in [0.1, 0.15) is 5.69 Å². The second-order valence-electron chi connectivity index (χ2n) is 5.01. The van der Waals surface area contributed by atoms with Crippen LogP contribution in [0.3, 0.4) is 0 Å². The minimum atomic E-state index is -4.58. The van der Waals surface area contributed by atoms with Gasteiger partial charge in [-0.3, -0.25) is 10.1 Å². The quantitative estimate of drug-likeness (QED) is 0.686. The first kappa shape index (κ1) is 15.6. The molecule has 1 N–H and O–H groups in total. The Kier molecular flexibility index (Phi) is 4.36. The molecule has 1 aromatic rings. The molecule has 8 heteroatoms. The molecule has 1 aliphatic heterocycles. The van der Waals surface area contributed by atoms with Gasteiger partial charge >= 0.3 is 6.18 Å². The first-order chi connectivity index (χ1) is 9.84. The highest BCUT2D eigenvalue weighted by atomic mass is 19.4. The molecule has 0 aromatic heterocycles. The molecule has 2 rings (SSSR count). The Labute approximate surface area is 119 Å². The van der Waals surface area contributed by atoms with Gasteiger partial charge in [-0.25, -0.2) is 0 Å². The van der Waals surface area contributed by atoms with Crippen LogP contribution in [0.5, 0.6) is 0 Å². The lowest BCUT2D eigenvalue weighted by Crippen LogP contribution is -2.37. The standard InChI is InChI=1S/C13H16F3N3O2/c1-17-8-10-3-2-6-18(10)11-5-4-9(13(14,15)16)7-12(11)19(20)21/h4-5,7,10,17H,2-3,6,8H2,1H3. The van der Waals surface area contributed by atoms with E-state index in [4.69, 9.17) is 0 Å². The van der Waals surface area contributed by atoms with Crippen LogP contribution < -0.4 is 10.2 Å². The van der Waals surface area contributed by atoms with E-state index < -0.39 is 22.4 Å². The van der Waals surface area contributed by atoms with E-state index in [9.17, 15) is 23.3 Å². The maximum atomic E-state index is 12.7. The Morgan fingerprint density at radius 3 is 2.76 bits per heavy atom. The van der Waals surface area contributed by atoms with Crippen LogP contribution in [0.15, 0.2) is 18.2 Å². The lowest BCUT2D eigenvalue weighted by atomic mass is 10.1. The van der Waals surface area contributed by atoms with Crippen LogP contribution in [-0.2, 0) is 6.18 Å². The molecule has 1 heterocycles. The third-order valence-electron chi connectivity index (χ3n) is 3.63. The molecule has 1 atom stereocenters. The molecule has 21 heavy (non-hydrogen) atoms. The molecule has 1 unspecified atom stereocenters. The maximum absolute atomic E-state index is 12.7. The van der Waals surface area contributed by atoms with Gasteiger partial charge < -0.3 is 10.2 Å². The number of nitro groups is 1. The molecular weight excluding hydrogens is 287 g/mol. The van der Waals surface area contributed by atoms with Crippen molar-refractivity contribution in [2.45, 2.75) is 25.1 Å². The Hall–Kier alpha value is -1.83. The molecular formula is C13H16F3N3O2. The predicted octanol–water partition coefficient (Wildman–Crippen LogP) is 2.80. The van der Waals surface area contributed by atoms with Gasteiger partial charge in [0, 0.05) is 25.2 Å². The largest absolute Gasteiger partial charge is 0.416 e. The fourth-order valence-electron chi connectivity index (χ4n) is 2.69. The average molecular weight is 303 g/mol. The highest BCUT2D eigenvalue weighted by Gasteiger charge is 2.35. The smallest absolute Gasteiger partial charge is 0.362 e. The number of likely N-dealkylation sites (N-methyl/N-ethyl adjacent to an activating group) is 1. The number of anilines is 1. The van der Waals surface area contributed by atoms with E-state index in [2.05, 4.69) is 5.32 Å². The molecule has 5 nitrogen and oxygen atoms in total. The second-order valence-corrected chi connectivity index (χ2v) is 5.01. The fraction of sp³-hybridized carbons (Fsp3) is 0.538. The number of benzene rings is 1. The fourth-order valence-corrected chi connectivity index (χ4v) is 2.69. The van der Waals surface area contributed by atoms with Crippen molar-refractivity contribution in [3.05, 3.63) is 33.9 Å². The first-order valence-electron chi connectivity index (χ1n) is 6.61. The highest BCUT2D eigenvalue weighted by Crippen LogP contribution is 2.38. The minimum Gasteiger partial charge on any atom is -0.362 e. The SMILES string of the molecule is CNCC1CCCN1c1ccc(C(F)(F)F)cc1[N+](=O)[O-]. The van der Waals surface area contributed by atoms with Gasteiger partial charge in [-0.05, 0) is 32.0 Å². The van der Waals surface area contributed by atoms with Crippen molar-refractivity contribution < 1.29 is 18.1 Å². The van der Waals surface area contributed by atoms with Crippen molar-refractivity contribution in [1.82, 2.24) is 5.32 Å². The summed E-state index contributed by atoms with van der Waals surface area (Å²) in [6.45, 7) is 1.25. The van der Waals surface area contributed by atoms with Gasteiger partial charge in [0.15, 0.2) is 0 Å². The lowest BCUT2D eigenvalue weighted by molar-refractivity contribution is -0.384. The van der Waals surface area contributed by atoms with Gasteiger partial charge in [0.2, 0.25) is 0 Å². The maximum Gasteiger partial charge on any atom is 0.416 e. The number of nitrogens with one attached hydrogen (secondary N) is 1. The number of nitrogens with zero attached hydrogens (tertiary/aromatic N) is 2. The number of hydrogen-bond acceptors (Lipinski definition) is 4. The summed E-state index contributed by atoms with van der Waals surface area (Å²) >= 11 is 0. The number of hydrogen-bond donors (Lipinski definition) is 1. The Bertz CT molecular complexity index is 534. The van der Waals surface area contributed by atoms with Crippen LogP contribution >= 0.6 is 0 Å². The Morgan fingerprint density at radius 2 is 2.19 bits per heavy atom. The summed E-state index contributed by atoms with van der Waals surface area (Å²) in [6, 6.07) is 2.78. The average Bonchev–Trinajstić information content (AvgIpc) is 2.85. The van der Waals surface area contributed by atoms with E-state index in [1.54, 1.807) is 7.05 Å². The van der Waals surface area contributed by atoms with Crippen LogP contribution in [0.25, 0.3) is 0 Å². The zero-order chi connectivity index (χ0) is 15.6. The third-order valence-corrected chi connectivity index (χ3v) is 3.63. The van der Waals surface area contributed by atoms with Gasteiger partial charge in [0.05, 0.1) is 10.5 Å². The molecule has 0 radical (unpaired) electrons. The Balaban J connectivity index is 2.41. The van der Waals surface area contributed by atoms with E-state index in [1.807, 2.05) is 4.90 Å². The van der Waals surface area contributed by atoms with E-state index in [1.165, 1.54) is 6.07 Å². The topological polar surface area (TPSA) is 58.4 Å². The monoisotopic (exact) mass is 303 g/mol. The number of halogens is 3. The van der Waals surface area contributed by atoms with Crippen molar-refractivity contribution in [3.8, 4) is 0 Å². The Morgan fingerprint density at radius 1 is 1.48 bits per heavy atom. The van der Waals surface area contributed by atoms with Gasteiger partial charge in [0.25, 0.3) is 5.69 Å². The minimum absolute atomic E-state index is 0.0606. The summed E-state index contributed by atoms with van der Waals surface area (Å²) in [5, 5.41) is 14.1. The van der Waals surface area contributed by atoms with Crippen LogP contribution in [0.4, 0.5) is 24.5 Å². The molecule has 1 fully saturated rings. The zero-order valence-corrected chi connectivity index (χ0v) is 11.5. The molecule has 1 aromatic carbocycles. The number of alkyl halides is 3. The van der Waals surface area contributed by atoms with E-state index in [-0.39, 0.29) is 11.7 Å². The lowest BCUT2D eigenvalue weighted by Gasteiger charge is -2.26. The summed E-state index contributed by atoms with van der Waals surface area (Å²) in [4.78, 5) is 12.2. The highest BCUT2D eigenvalue weighted by molar-refractivity contribution is 5.65. The normalized spacial score (nSPS) is 19.0. The van der Waals surface area contributed by atoms with Crippen molar-refractivity contribution >= 4 is 11.4 Å².